The number of nitrogens with two attached hydrogens (primary N) is 1. The fourth-order valence-corrected chi connectivity index (χ4v) is 2.13. The van der Waals surface area contributed by atoms with Crippen LogP contribution in [0.3, 0.4) is 0 Å². The Hall–Kier alpha value is -1.09. The SMILES string of the molecule is Cc1cccc(N(CCCN)C2CCC2)n1. The third-order valence-corrected chi connectivity index (χ3v) is 3.29. The zero-order chi connectivity index (χ0) is 11.4. The van der Waals surface area contributed by atoms with Gasteiger partial charge >= 0.3 is 0 Å². The van der Waals surface area contributed by atoms with Gasteiger partial charge in [0.25, 0.3) is 0 Å². The lowest BCUT2D eigenvalue weighted by atomic mass is 9.91. The summed E-state index contributed by atoms with van der Waals surface area (Å²) in [6.07, 6.45) is 5.02. The predicted molar refractivity (Wildman–Crippen MR) is 67.6 cm³/mol. The number of aryl methyl sites for hydroxylation is 1. The van der Waals surface area contributed by atoms with Crippen LogP contribution < -0.4 is 10.6 Å². The number of hydrogen-bond donors (Lipinski definition) is 1. The fraction of sp³-hybridized carbons (Fsp3) is 0.615. The number of nitrogens with zero attached hydrogens (tertiary/aromatic N) is 2. The van der Waals surface area contributed by atoms with Crippen LogP contribution in [0, 0.1) is 6.92 Å². The molecule has 88 valence electrons. The summed E-state index contributed by atoms with van der Waals surface area (Å²) in [5.41, 5.74) is 6.69. The smallest absolute Gasteiger partial charge is 0.129 e. The fourth-order valence-electron chi connectivity index (χ4n) is 2.13. The van der Waals surface area contributed by atoms with E-state index < -0.39 is 0 Å². The van der Waals surface area contributed by atoms with Crippen LogP contribution in [0.25, 0.3) is 0 Å². The van der Waals surface area contributed by atoms with Crippen LogP contribution in [0.15, 0.2) is 18.2 Å². The van der Waals surface area contributed by atoms with E-state index in [1.54, 1.807) is 0 Å². The van der Waals surface area contributed by atoms with E-state index in [4.69, 9.17) is 5.73 Å². The Balaban J connectivity index is 2.10. The van der Waals surface area contributed by atoms with Gasteiger partial charge in [-0.05, 0) is 51.3 Å². The lowest BCUT2D eigenvalue weighted by Gasteiger charge is -2.38. The molecule has 0 unspecified atom stereocenters. The van der Waals surface area contributed by atoms with E-state index in [2.05, 4.69) is 22.0 Å². The van der Waals surface area contributed by atoms with Crippen LogP contribution in [0.1, 0.15) is 31.4 Å². The molecule has 0 saturated heterocycles. The van der Waals surface area contributed by atoms with Crippen LogP contribution in [0.4, 0.5) is 5.82 Å². The first-order chi connectivity index (χ1) is 7.81. The van der Waals surface area contributed by atoms with Crippen molar-refractivity contribution in [2.24, 2.45) is 5.73 Å². The maximum atomic E-state index is 5.60. The maximum Gasteiger partial charge on any atom is 0.129 e. The molecule has 3 heteroatoms. The van der Waals surface area contributed by atoms with Gasteiger partial charge in [0.1, 0.15) is 5.82 Å². The van der Waals surface area contributed by atoms with E-state index in [1.165, 1.54) is 19.3 Å². The molecule has 0 aromatic carbocycles. The highest BCUT2D eigenvalue weighted by Gasteiger charge is 2.25. The topological polar surface area (TPSA) is 42.1 Å². The minimum Gasteiger partial charge on any atom is -0.354 e. The summed E-state index contributed by atoms with van der Waals surface area (Å²) >= 11 is 0. The summed E-state index contributed by atoms with van der Waals surface area (Å²) in [6.45, 7) is 3.85. The third-order valence-electron chi connectivity index (χ3n) is 3.29. The van der Waals surface area contributed by atoms with Gasteiger partial charge in [0.2, 0.25) is 0 Å². The number of hydrogen-bond acceptors (Lipinski definition) is 3. The molecule has 1 aromatic rings. The molecule has 2 N–H and O–H groups in total. The molecule has 0 aliphatic heterocycles. The van der Waals surface area contributed by atoms with Gasteiger partial charge in [-0.1, -0.05) is 6.07 Å². The second-order valence-corrected chi connectivity index (χ2v) is 4.56. The molecule has 1 aliphatic rings. The second-order valence-electron chi connectivity index (χ2n) is 4.56. The average molecular weight is 219 g/mol. The van der Waals surface area contributed by atoms with E-state index in [9.17, 15) is 0 Å². The van der Waals surface area contributed by atoms with Gasteiger partial charge in [0.15, 0.2) is 0 Å². The second kappa shape index (κ2) is 5.30. The van der Waals surface area contributed by atoms with Crippen molar-refractivity contribution >= 4 is 5.82 Å². The zero-order valence-corrected chi connectivity index (χ0v) is 10.0. The van der Waals surface area contributed by atoms with Crippen molar-refractivity contribution in [1.82, 2.24) is 4.98 Å². The summed E-state index contributed by atoms with van der Waals surface area (Å²) in [7, 11) is 0. The molecule has 0 amide bonds. The van der Waals surface area contributed by atoms with E-state index >= 15 is 0 Å². The summed E-state index contributed by atoms with van der Waals surface area (Å²) in [5.74, 6) is 1.12. The Morgan fingerprint density at radius 3 is 2.81 bits per heavy atom. The molecule has 1 fully saturated rings. The van der Waals surface area contributed by atoms with E-state index in [-0.39, 0.29) is 0 Å². The van der Waals surface area contributed by atoms with Gasteiger partial charge in [-0.2, -0.15) is 0 Å². The zero-order valence-electron chi connectivity index (χ0n) is 10.0. The van der Waals surface area contributed by atoms with Crippen molar-refractivity contribution in [3.05, 3.63) is 23.9 Å². The molecule has 0 radical (unpaired) electrons. The molecular formula is C13H21N3. The number of aromatic nitrogens is 1. The average Bonchev–Trinajstić information content (AvgIpc) is 2.21. The highest BCUT2D eigenvalue weighted by atomic mass is 15.2. The maximum absolute atomic E-state index is 5.60. The van der Waals surface area contributed by atoms with Gasteiger partial charge in [-0.15, -0.1) is 0 Å². The quantitative estimate of drug-likeness (QED) is 0.824. The van der Waals surface area contributed by atoms with Crippen LogP contribution in [0.5, 0.6) is 0 Å². The normalized spacial score (nSPS) is 15.9. The summed E-state index contributed by atoms with van der Waals surface area (Å²) in [5, 5.41) is 0. The van der Waals surface area contributed by atoms with Crippen molar-refractivity contribution in [1.29, 1.82) is 0 Å². The Kier molecular flexibility index (Phi) is 3.78. The molecule has 16 heavy (non-hydrogen) atoms. The van der Waals surface area contributed by atoms with Crippen LogP contribution in [-0.2, 0) is 0 Å². The van der Waals surface area contributed by atoms with Crippen molar-refractivity contribution in [3.8, 4) is 0 Å². The van der Waals surface area contributed by atoms with Gasteiger partial charge in [0.05, 0.1) is 0 Å². The standard InChI is InChI=1S/C13H21N3/c1-11-5-2-8-13(15-11)16(10-4-9-14)12-6-3-7-12/h2,5,8,12H,3-4,6-7,9-10,14H2,1H3. The van der Waals surface area contributed by atoms with Gasteiger partial charge < -0.3 is 10.6 Å². The molecule has 1 saturated carbocycles. The Labute approximate surface area is 97.7 Å². The summed E-state index contributed by atoms with van der Waals surface area (Å²) < 4.78 is 0. The third kappa shape index (κ3) is 2.53. The van der Waals surface area contributed by atoms with E-state index in [1.807, 2.05) is 13.0 Å². The molecule has 1 aliphatic carbocycles. The first kappa shape index (κ1) is 11.4. The minimum absolute atomic E-state index is 0.695. The first-order valence-electron chi connectivity index (χ1n) is 6.21. The van der Waals surface area contributed by atoms with Crippen molar-refractivity contribution in [2.75, 3.05) is 18.0 Å². The molecule has 0 atom stereocenters. The predicted octanol–water partition coefficient (Wildman–Crippen LogP) is 2.10. The monoisotopic (exact) mass is 219 g/mol. The molecule has 1 heterocycles. The Morgan fingerprint density at radius 2 is 2.25 bits per heavy atom. The largest absolute Gasteiger partial charge is 0.354 e. The van der Waals surface area contributed by atoms with Crippen molar-refractivity contribution in [3.63, 3.8) is 0 Å². The number of rotatable bonds is 5. The Bertz CT molecular complexity index is 334. The number of pyridine rings is 1. The van der Waals surface area contributed by atoms with Gasteiger partial charge in [-0.3, -0.25) is 0 Å². The highest BCUT2D eigenvalue weighted by molar-refractivity contribution is 5.41. The van der Waals surface area contributed by atoms with Gasteiger partial charge in [-0.25, -0.2) is 4.98 Å². The lowest BCUT2D eigenvalue weighted by Crippen LogP contribution is -2.42. The summed E-state index contributed by atoms with van der Waals surface area (Å²) in [4.78, 5) is 7.05. The van der Waals surface area contributed by atoms with Crippen LogP contribution in [-0.4, -0.2) is 24.1 Å². The van der Waals surface area contributed by atoms with Crippen molar-refractivity contribution < 1.29 is 0 Å². The van der Waals surface area contributed by atoms with E-state index in [0.717, 1.165) is 31.0 Å². The highest BCUT2D eigenvalue weighted by Crippen LogP contribution is 2.28. The number of anilines is 1. The Morgan fingerprint density at radius 1 is 1.44 bits per heavy atom. The molecule has 2 rings (SSSR count). The van der Waals surface area contributed by atoms with E-state index in [0.29, 0.717) is 6.04 Å². The van der Waals surface area contributed by atoms with Crippen LogP contribution >= 0.6 is 0 Å². The molecular weight excluding hydrogens is 198 g/mol. The van der Waals surface area contributed by atoms with Crippen molar-refractivity contribution in [2.45, 2.75) is 38.6 Å². The first-order valence-corrected chi connectivity index (χ1v) is 6.21. The van der Waals surface area contributed by atoms with Gasteiger partial charge in [0, 0.05) is 18.3 Å². The summed E-state index contributed by atoms with van der Waals surface area (Å²) in [6, 6.07) is 6.94. The van der Waals surface area contributed by atoms with Crippen LogP contribution in [0.2, 0.25) is 0 Å². The molecule has 0 bridgehead atoms. The molecule has 0 spiro atoms. The minimum atomic E-state index is 0.695. The molecule has 3 nitrogen and oxygen atoms in total. The lowest BCUT2D eigenvalue weighted by molar-refractivity contribution is 0.382. The molecule has 1 aromatic heterocycles.